The molecular formula is C15H12O2. The van der Waals surface area contributed by atoms with Crippen LogP contribution >= 0.6 is 0 Å². The molecule has 1 aromatic carbocycles. The highest BCUT2D eigenvalue weighted by atomic mass is 16.5. The van der Waals surface area contributed by atoms with Gasteiger partial charge in [-0.05, 0) is 35.6 Å². The quantitative estimate of drug-likeness (QED) is 0.582. The first-order chi connectivity index (χ1) is 8.26. The third-order valence-corrected chi connectivity index (χ3v) is 2.74. The number of carbonyl (C=O) groups excluding carboxylic acids is 1. The van der Waals surface area contributed by atoms with Gasteiger partial charge in [0, 0.05) is 5.57 Å². The maximum absolute atomic E-state index is 11.6. The number of ketones is 1. The van der Waals surface area contributed by atoms with Crippen LogP contribution in [0.1, 0.15) is 12.0 Å². The molecule has 2 rings (SSSR count). The zero-order chi connectivity index (χ0) is 12.3. The van der Waals surface area contributed by atoms with Gasteiger partial charge in [-0.1, -0.05) is 24.3 Å². The lowest BCUT2D eigenvalue weighted by molar-refractivity contribution is -0.110. The number of hydrogen-bond donors (Lipinski definition) is 0. The monoisotopic (exact) mass is 224 g/mol. The summed E-state index contributed by atoms with van der Waals surface area (Å²) in [6.07, 6.45) is 9.66. The standard InChI is InChI=1S/C15H12O2/c1-3-15(16)14-6-4-5-13(14)11-7-9-12(17-2)10-8-11/h1,4-5,7-10H,6H2,2H3. The highest BCUT2D eigenvalue weighted by molar-refractivity contribution is 6.14. The number of allylic oxidation sites excluding steroid dienone is 4. The van der Waals surface area contributed by atoms with Crippen molar-refractivity contribution in [1.82, 2.24) is 0 Å². The summed E-state index contributed by atoms with van der Waals surface area (Å²) in [5.74, 6) is 2.73. The maximum Gasteiger partial charge on any atom is 0.232 e. The summed E-state index contributed by atoms with van der Waals surface area (Å²) in [5, 5.41) is 0. The molecule has 0 bridgehead atoms. The van der Waals surface area contributed by atoms with Crippen molar-refractivity contribution in [3.05, 3.63) is 47.6 Å². The topological polar surface area (TPSA) is 26.3 Å². The van der Waals surface area contributed by atoms with Crippen molar-refractivity contribution in [3.8, 4) is 18.1 Å². The van der Waals surface area contributed by atoms with Gasteiger partial charge in [0.1, 0.15) is 5.75 Å². The van der Waals surface area contributed by atoms with Crippen molar-refractivity contribution in [1.29, 1.82) is 0 Å². The molecule has 1 aliphatic rings. The second-order valence-corrected chi connectivity index (χ2v) is 3.70. The van der Waals surface area contributed by atoms with E-state index in [1.165, 1.54) is 0 Å². The molecule has 0 saturated heterocycles. The Hall–Kier alpha value is -2.27. The molecule has 84 valence electrons. The van der Waals surface area contributed by atoms with Crippen molar-refractivity contribution in [2.45, 2.75) is 6.42 Å². The van der Waals surface area contributed by atoms with Crippen LogP contribution in [0.2, 0.25) is 0 Å². The minimum atomic E-state index is -0.235. The van der Waals surface area contributed by atoms with E-state index in [0.717, 1.165) is 16.9 Å². The van der Waals surface area contributed by atoms with Gasteiger partial charge in [0.05, 0.1) is 7.11 Å². The lowest BCUT2D eigenvalue weighted by Gasteiger charge is -2.05. The highest BCUT2D eigenvalue weighted by Crippen LogP contribution is 2.29. The van der Waals surface area contributed by atoms with Crippen molar-refractivity contribution in [3.63, 3.8) is 0 Å². The average molecular weight is 224 g/mol. The summed E-state index contributed by atoms with van der Waals surface area (Å²) < 4.78 is 5.09. The smallest absolute Gasteiger partial charge is 0.232 e. The fourth-order valence-electron chi connectivity index (χ4n) is 1.85. The van der Waals surface area contributed by atoms with Crippen LogP contribution in [-0.2, 0) is 4.79 Å². The first-order valence-corrected chi connectivity index (χ1v) is 5.31. The van der Waals surface area contributed by atoms with E-state index >= 15 is 0 Å². The zero-order valence-electron chi connectivity index (χ0n) is 9.57. The molecule has 2 heteroatoms. The molecule has 1 aliphatic carbocycles. The Morgan fingerprint density at radius 1 is 1.35 bits per heavy atom. The Morgan fingerprint density at radius 2 is 2.06 bits per heavy atom. The summed E-state index contributed by atoms with van der Waals surface area (Å²) in [4.78, 5) is 11.6. The first kappa shape index (κ1) is 11.2. The molecule has 0 fully saturated rings. The zero-order valence-corrected chi connectivity index (χ0v) is 9.57. The van der Waals surface area contributed by atoms with Crippen molar-refractivity contribution in [2.75, 3.05) is 7.11 Å². The molecule has 0 spiro atoms. The van der Waals surface area contributed by atoms with Gasteiger partial charge in [-0.25, -0.2) is 0 Å². The van der Waals surface area contributed by atoms with Crippen LogP contribution < -0.4 is 4.74 Å². The van der Waals surface area contributed by atoms with Gasteiger partial charge in [0.15, 0.2) is 0 Å². The minimum absolute atomic E-state index is 0.235. The molecule has 0 saturated carbocycles. The van der Waals surface area contributed by atoms with Crippen LogP contribution in [0.25, 0.3) is 5.57 Å². The van der Waals surface area contributed by atoms with Gasteiger partial charge in [0.2, 0.25) is 5.78 Å². The number of methoxy groups -OCH3 is 1. The summed E-state index contributed by atoms with van der Waals surface area (Å²) in [6.45, 7) is 0. The van der Waals surface area contributed by atoms with Gasteiger partial charge < -0.3 is 4.74 Å². The fourth-order valence-corrected chi connectivity index (χ4v) is 1.85. The minimum Gasteiger partial charge on any atom is -0.497 e. The summed E-state index contributed by atoms with van der Waals surface area (Å²) in [5.41, 5.74) is 2.59. The maximum atomic E-state index is 11.6. The molecular weight excluding hydrogens is 212 g/mol. The molecule has 0 N–H and O–H groups in total. The molecule has 0 amide bonds. The van der Waals surface area contributed by atoms with Gasteiger partial charge in [-0.2, -0.15) is 0 Å². The van der Waals surface area contributed by atoms with Crippen LogP contribution in [-0.4, -0.2) is 12.9 Å². The Kier molecular flexibility index (Phi) is 3.11. The average Bonchev–Trinajstić information content (AvgIpc) is 2.87. The van der Waals surface area contributed by atoms with E-state index in [0.29, 0.717) is 12.0 Å². The summed E-state index contributed by atoms with van der Waals surface area (Å²) >= 11 is 0. The van der Waals surface area contributed by atoms with Crippen LogP contribution in [0, 0.1) is 12.3 Å². The summed E-state index contributed by atoms with van der Waals surface area (Å²) in [7, 11) is 1.62. The molecule has 0 aliphatic heterocycles. The number of rotatable bonds is 3. The van der Waals surface area contributed by atoms with E-state index in [1.54, 1.807) is 7.11 Å². The number of Topliss-reactive ketones (excluding diaryl/α,β-unsaturated/α-hetero) is 1. The Morgan fingerprint density at radius 3 is 2.65 bits per heavy atom. The summed E-state index contributed by atoms with van der Waals surface area (Å²) in [6, 6.07) is 7.58. The fraction of sp³-hybridized carbons (Fsp3) is 0.133. The lowest BCUT2D eigenvalue weighted by Crippen LogP contribution is -1.98. The normalized spacial score (nSPS) is 13.6. The van der Waals surface area contributed by atoms with E-state index in [2.05, 4.69) is 5.92 Å². The molecule has 0 unspecified atom stereocenters. The number of terminal acetylenes is 1. The SMILES string of the molecule is C#CC(=O)C1=C(c2ccc(OC)cc2)C=CC1. The molecule has 17 heavy (non-hydrogen) atoms. The van der Waals surface area contributed by atoms with Gasteiger partial charge in [0.25, 0.3) is 0 Å². The second kappa shape index (κ2) is 4.71. The third-order valence-electron chi connectivity index (χ3n) is 2.74. The van der Waals surface area contributed by atoms with Gasteiger partial charge in [-0.3, -0.25) is 4.79 Å². The van der Waals surface area contributed by atoms with E-state index in [-0.39, 0.29) is 5.78 Å². The largest absolute Gasteiger partial charge is 0.497 e. The van der Waals surface area contributed by atoms with Crippen molar-refractivity contribution in [2.24, 2.45) is 0 Å². The van der Waals surface area contributed by atoms with Crippen LogP contribution in [0.3, 0.4) is 0 Å². The van der Waals surface area contributed by atoms with Gasteiger partial charge >= 0.3 is 0 Å². The first-order valence-electron chi connectivity index (χ1n) is 5.31. The Labute approximate surface area is 101 Å². The van der Waals surface area contributed by atoms with Crippen LogP contribution in [0.15, 0.2) is 42.0 Å². The van der Waals surface area contributed by atoms with Crippen molar-refractivity contribution < 1.29 is 9.53 Å². The van der Waals surface area contributed by atoms with E-state index < -0.39 is 0 Å². The Balaban J connectivity index is 2.41. The molecule has 0 atom stereocenters. The predicted molar refractivity (Wildman–Crippen MR) is 67.5 cm³/mol. The number of hydrogen-bond acceptors (Lipinski definition) is 2. The number of benzene rings is 1. The van der Waals surface area contributed by atoms with Crippen LogP contribution in [0.4, 0.5) is 0 Å². The highest BCUT2D eigenvalue weighted by Gasteiger charge is 2.16. The van der Waals surface area contributed by atoms with Gasteiger partial charge in [-0.15, -0.1) is 6.42 Å². The van der Waals surface area contributed by atoms with E-state index in [1.807, 2.05) is 36.4 Å². The molecule has 2 nitrogen and oxygen atoms in total. The van der Waals surface area contributed by atoms with E-state index in [9.17, 15) is 4.79 Å². The molecule has 0 heterocycles. The Bertz CT molecular complexity index is 539. The number of ether oxygens (including phenoxy) is 1. The van der Waals surface area contributed by atoms with E-state index in [4.69, 9.17) is 11.2 Å². The second-order valence-electron chi connectivity index (χ2n) is 3.70. The van der Waals surface area contributed by atoms with Crippen LogP contribution in [0.5, 0.6) is 5.75 Å². The third kappa shape index (κ3) is 2.14. The number of carbonyl (C=O) groups is 1. The lowest BCUT2D eigenvalue weighted by atomic mass is 10.00. The molecule has 0 radical (unpaired) electrons. The predicted octanol–water partition coefficient (Wildman–Crippen LogP) is 2.61. The van der Waals surface area contributed by atoms with Crippen molar-refractivity contribution >= 4 is 11.4 Å². The molecule has 0 aromatic heterocycles. The molecule has 1 aromatic rings.